The molecule has 0 aliphatic carbocycles. The molecule has 7 aromatic rings. The summed E-state index contributed by atoms with van der Waals surface area (Å²) in [5, 5.41) is 0. The van der Waals surface area contributed by atoms with Crippen LogP contribution in [-0.4, -0.2) is 14.1 Å². The van der Waals surface area contributed by atoms with Crippen LogP contribution in [0.2, 0.25) is 0 Å². The van der Waals surface area contributed by atoms with Gasteiger partial charge < -0.3 is 18.4 Å². The van der Waals surface area contributed by atoms with Crippen LogP contribution >= 0.6 is 0 Å². The van der Waals surface area contributed by atoms with Crippen LogP contribution in [0.3, 0.4) is 0 Å². The number of aromatic nitrogens is 4. The second-order valence-electron chi connectivity index (χ2n) is 14.2. The Morgan fingerprint density at radius 3 is 2.08 bits per heavy atom. The van der Waals surface area contributed by atoms with E-state index in [1.54, 1.807) is 0 Å². The molecular formula is C43H42N4OPt-2. The Morgan fingerprint density at radius 2 is 1.39 bits per heavy atom. The minimum atomic E-state index is -0.142. The quantitative estimate of drug-likeness (QED) is 0.119. The average Bonchev–Trinajstić information content (AvgIpc) is 3.62. The van der Waals surface area contributed by atoms with Gasteiger partial charge in [0.25, 0.3) is 0 Å². The zero-order chi connectivity index (χ0) is 33.7. The fourth-order valence-corrected chi connectivity index (χ4v) is 6.48. The fourth-order valence-electron chi connectivity index (χ4n) is 6.48. The van der Waals surface area contributed by atoms with Crippen LogP contribution in [0, 0.1) is 18.5 Å². The molecule has 5 nitrogen and oxygen atoms in total. The van der Waals surface area contributed by atoms with Gasteiger partial charge in [-0.25, -0.2) is 0 Å². The molecule has 2 heterocycles. The van der Waals surface area contributed by atoms with E-state index >= 15 is 0 Å². The van der Waals surface area contributed by atoms with Gasteiger partial charge in [-0.2, -0.15) is 12.1 Å². The topological polar surface area (TPSA) is 35.9 Å². The van der Waals surface area contributed by atoms with E-state index in [4.69, 9.17) is 9.72 Å². The Kier molecular flexibility index (Phi) is 9.44. The van der Waals surface area contributed by atoms with Gasteiger partial charge in [-0.15, -0.1) is 29.3 Å². The van der Waals surface area contributed by atoms with Crippen molar-refractivity contribution in [3.8, 4) is 34.3 Å². The van der Waals surface area contributed by atoms with Crippen LogP contribution < -0.4 is 9.30 Å². The van der Waals surface area contributed by atoms with Crippen LogP contribution in [0.4, 0.5) is 0 Å². The van der Waals surface area contributed by atoms with E-state index < -0.39 is 0 Å². The molecule has 0 aliphatic rings. The summed E-state index contributed by atoms with van der Waals surface area (Å²) in [5.41, 5.74) is 10.7. The van der Waals surface area contributed by atoms with Gasteiger partial charge in [0, 0.05) is 38.3 Å². The largest absolute Gasteiger partial charge is 0.504 e. The second-order valence-corrected chi connectivity index (χ2v) is 14.2. The third-order valence-electron chi connectivity index (χ3n) is 9.03. The fraction of sp³-hybridized carbons (Fsp3) is 0.256. The molecule has 0 atom stereocenters. The molecule has 6 heteroatoms. The Labute approximate surface area is 304 Å². The Bertz CT molecular complexity index is 2260. The van der Waals surface area contributed by atoms with Crippen LogP contribution in [0.25, 0.3) is 44.8 Å². The number of hydrogen-bond donors (Lipinski definition) is 0. The van der Waals surface area contributed by atoms with Crippen molar-refractivity contribution >= 4 is 22.1 Å². The smallest absolute Gasteiger partial charge is 0.242 e. The number of nitrogens with zero attached hydrogens (tertiary/aromatic N) is 4. The maximum Gasteiger partial charge on any atom is 0.242 e. The number of fused-ring (bicyclic) bond motifs is 2. The number of hydrogen-bond acceptors (Lipinski definition) is 2. The molecule has 0 saturated heterocycles. The van der Waals surface area contributed by atoms with Crippen LogP contribution in [0.1, 0.15) is 77.0 Å². The van der Waals surface area contributed by atoms with Gasteiger partial charge in [-0.3, -0.25) is 4.98 Å². The predicted octanol–water partition coefficient (Wildman–Crippen LogP) is 10.2. The Morgan fingerprint density at radius 1 is 0.735 bits per heavy atom. The van der Waals surface area contributed by atoms with Gasteiger partial charge in [0.15, 0.2) is 0 Å². The van der Waals surface area contributed by atoms with Crippen molar-refractivity contribution in [2.75, 3.05) is 0 Å². The normalized spacial score (nSPS) is 11.9. The van der Waals surface area contributed by atoms with Crippen LogP contribution in [0.15, 0.2) is 97.1 Å². The summed E-state index contributed by atoms with van der Waals surface area (Å²) >= 11 is 0. The predicted molar refractivity (Wildman–Crippen MR) is 194 cm³/mol. The van der Waals surface area contributed by atoms with Crippen molar-refractivity contribution < 1.29 is 30.4 Å². The van der Waals surface area contributed by atoms with Gasteiger partial charge in [0.2, 0.25) is 6.33 Å². The number of benzene rings is 5. The number of imidazole rings is 2. The Balaban J connectivity index is 0.00000417. The van der Waals surface area contributed by atoms with E-state index in [0.29, 0.717) is 23.3 Å². The molecule has 0 bridgehead atoms. The Hall–Kier alpha value is -4.47. The van der Waals surface area contributed by atoms with E-state index in [0.717, 1.165) is 44.7 Å². The maximum absolute atomic E-state index is 6.62. The molecule has 0 aliphatic heterocycles. The molecule has 0 N–H and O–H groups in total. The van der Waals surface area contributed by atoms with Crippen molar-refractivity contribution in [3.63, 3.8) is 0 Å². The first-order chi connectivity index (χ1) is 23.0. The zero-order valence-corrected chi connectivity index (χ0v) is 31.7. The summed E-state index contributed by atoms with van der Waals surface area (Å²) in [5.74, 6) is 2.74. The molecule has 0 saturated carbocycles. The molecule has 7 rings (SSSR count). The van der Waals surface area contributed by atoms with Crippen molar-refractivity contribution in [2.45, 2.75) is 65.7 Å². The summed E-state index contributed by atoms with van der Waals surface area (Å²) in [6.07, 6.45) is 3.41. The van der Waals surface area contributed by atoms with E-state index in [2.05, 4.69) is 138 Å². The number of rotatable bonds is 7. The number of ether oxygens (including phenoxy) is 1. The first-order valence-electron chi connectivity index (χ1n) is 16.8. The SMILES string of the molecule is CC(C)c1cccc(C(C)C)c1-n1c(-c2[c-]c(Oc3[c-]c(-[n+]4[c-]n(C)c5ccccc54)ccc3)cc(C(C)(C)C)c2)nc2ccccc21.[Pt]. The van der Waals surface area contributed by atoms with Crippen molar-refractivity contribution in [1.29, 1.82) is 0 Å². The summed E-state index contributed by atoms with van der Waals surface area (Å²) in [7, 11) is 2.00. The monoisotopic (exact) mass is 825 g/mol. The van der Waals surface area contributed by atoms with Gasteiger partial charge >= 0.3 is 0 Å². The standard InChI is InChI=1S/C43H42N4O.Pt/c1-28(2)35-17-14-18-36(29(3)4)41(35)47-38-20-10-9-19-37(38)44-42(47)30-23-31(43(5,6)7)25-34(24-30)48-33-16-13-15-32(26-33)46-27-45(8)39-21-11-12-22-40(39)46;/h9-23,25,28-29H,1-8H3;/q-2;. The van der Waals surface area contributed by atoms with E-state index in [9.17, 15) is 0 Å². The minimum absolute atomic E-state index is 0. The van der Waals surface area contributed by atoms with Gasteiger partial charge in [-0.1, -0.05) is 121 Å². The summed E-state index contributed by atoms with van der Waals surface area (Å²) < 4.78 is 13.0. The van der Waals surface area contributed by atoms with Gasteiger partial charge in [0.1, 0.15) is 0 Å². The maximum atomic E-state index is 6.62. The molecule has 5 aromatic carbocycles. The summed E-state index contributed by atoms with van der Waals surface area (Å²) in [6, 6.07) is 40.8. The number of para-hydroxylation sites is 5. The first kappa shape index (κ1) is 34.4. The third-order valence-corrected chi connectivity index (χ3v) is 9.03. The molecule has 49 heavy (non-hydrogen) atoms. The molecular weight excluding hydrogens is 784 g/mol. The van der Waals surface area contributed by atoms with E-state index in [1.165, 1.54) is 16.8 Å². The summed E-state index contributed by atoms with van der Waals surface area (Å²) in [6.45, 7) is 15.7. The molecule has 0 spiro atoms. The van der Waals surface area contributed by atoms with Crippen LogP contribution in [0.5, 0.6) is 11.5 Å². The molecule has 0 radical (unpaired) electrons. The second kappa shape index (κ2) is 13.4. The van der Waals surface area contributed by atoms with E-state index in [1.807, 2.05) is 46.5 Å². The zero-order valence-electron chi connectivity index (χ0n) is 29.4. The van der Waals surface area contributed by atoms with Crippen molar-refractivity contribution in [2.24, 2.45) is 7.05 Å². The average molecular weight is 826 g/mol. The minimum Gasteiger partial charge on any atom is -0.504 e. The van der Waals surface area contributed by atoms with E-state index in [-0.39, 0.29) is 26.5 Å². The molecule has 0 unspecified atom stereocenters. The summed E-state index contributed by atoms with van der Waals surface area (Å²) in [4.78, 5) is 5.28. The van der Waals surface area contributed by atoms with Crippen molar-refractivity contribution in [3.05, 3.63) is 132 Å². The van der Waals surface area contributed by atoms with Crippen LogP contribution in [-0.2, 0) is 33.5 Å². The molecule has 2 aromatic heterocycles. The van der Waals surface area contributed by atoms with Crippen molar-refractivity contribution in [1.82, 2.24) is 14.1 Å². The first-order valence-corrected chi connectivity index (χ1v) is 16.8. The van der Waals surface area contributed by atoms with Gasteiger partial charge in [-0.05, 0) is 40.5 Å². The van der Waals surface area contributed by atoms with Gasteiger partial charge in [0.05, 0.1) is 34.9 Å². The molecule has 0 amide bonds. The molecule has 252 valence electrons. The third kappa shape index (κ3) is 6.49. The number of aryl methyl sites for hydroxylation is 1. The molecule has 0 fully saturated rings.